The molecule has 0 saturated carbocycles. The van der Waals surface area contributed by atoms with Crippen LogP contribution in [0.5, 0.6) is 0 Å². The lowest BCUT2D eigenvalue weighted by molar-refractivity contribution is -0.120. The van der Waals surface area contributed by atoms with Crippen molar-refractivity contribution in [1.29, 1.82) is 10.5 Å². The SMILES string of the molecule is CC1=NN(c2nc(-c3ccc(Cl)cc3)cs2)C(=O)[C@@H]1[C@@H](c1ccc(Br)cc1)C(C#N)C#N. The zero-order valence-electron chi connectivity index (χ0n) is 16.7. The molecule has 1 aliphatic heterocycles. The van der Waals surface area contributed by atoms with E-state index in [1.165, 1.54) is 16.3 Å². The van der Waals surface area contributed by atoms with Crippen LogP contribution in [0, 0.1) is 34.5 Å². The second-order valence-corrected chi connectivity index (χ2v) is 9.39. The summed E-state index contributed by atoms with van der Waals surface area (Å²) in [4.78, 5) is 18.0. The Balaban J connectivity index is 1.68. The Morgan fingerprint density at radius 3 is 2.41 bits per heavy atom. The number of benzene rings is 2. The maximum absolute atomic E-state index is 13.5. The standard InChI is InChI=1S/C23H15BrClN5OS/c1-13-20(21(16(10-26)11-27)15-2-6-17(24)7-3-15)22(31)30(29-13)23-28-19(12-32-23)14-4-8-18(25)9-5-14/h2-9,12,16,20-21H,1H3/t20-,21-/m0/s1. The highest BCUT2D eigenvalue weighted by molar-refractivity contribution is 9.10. The Morgan fingerprint density at radius 2 is 1.78 bits per heavy atom. The Bertz CT molecular complexity index is 1260. The summed E-state index contributed by atoms with van der Waals surface area (Å²) in [5.74, 6) is -2.68. The van der Waals surface area contributed by atoms with Gasteiger partial charge in [0.05, 0.1) is 23.8 Å². The molecule has 1 aromatic heterocycles. The van der Waals surface area contributed by atoms with Gasteiger partial charge in [0.25, 0.3) is 5.91 Å². The summed E-state index contributed by atoms with van der Waals surface area (Å²) in [6.45, 7) is 1.74. The lowest BCUT2D eigenvalue weighted by Gasteiger charge is -2.24. The number of thiazole rings is 1. The molecule has 158 valence electrons. The van der Waals surface area contributed by atoms with Crippen molar-refractivity contribution in [3.63, 3.8) is 0 Å². The minimum absolute atomic E-state index is 0.303. The van der Waals surface area contributed by atoms with Gasteiger partial charge in [0, 0.05) is 32.1 Å². The summed E-state index contributed by atoms with van der Waals surface area (Å²) in [7, 11) is 0. The number of halogens is 2. The van der Waals surface area contributed by atoms with Crippen molar-refractivity contribution >= 4 is 55.6 Å². The zero-order chi connectivity index (χ0) is 22.8. The smallest absolute Gasteiger partial charge is 0.259 e. The first kappa shape index (κ1) is 22.2. The molecule has 0 saturated heterocycles. The van der Waals surface area contributed by atoms with Crippen LogP contribution in [0.15, 0.2) is 63.5 Å². The van der Waals surface area contributed by atoms with Gasteiger partial charge < -0.3 is 0 Å². The molecule has 0 unspecified atom stereocenters. The fraction of sp³-hybridized carbons (Fsp3) is 0.174. The van der Waals surface area contributed by atoms with E-state index in [9.17, 15) is 15.3 Å². The van der Waals surface area contributed by atoms with Crippen LogP contribution in [0.2, 0.25) is 5.02 Å². The van der Waals surface area contributed by atoms with Crippen molar-refractivity contribution in [2.45, 2.75) is 12.8 Å². The molecular weight excluding hydrogens is 510 g/mol. The average Bonchev–Trinajstić information content (AvgIpc) is 3.38. The first-order chi connectivity index (χ1) is 15.4. The summed E-state index contributed by atoms with van der Waals surface area (Å²) in [5, 5.41) is 27.9. The zero-order valence-corrected chi connectivity index (χ0v) is 19.9. The molecule has 0 radical (unpaired) electrons. The molecule has 2 atom stereocenters. The first-order valence-corrected chi connectivity index (χ1v) is 11.6. The summed E-state index contributed by atoms with van der Waals surface area (Å²) >= 11 is 10.7. The predicted octanol–water partition coefficient (Wildman–Crippen LogP) is 6.01. The number of hydrogen-bond acceptors (Lipinski definition) is 6. The van der Waals surface area contributed by atoms with E-state index < -0.39 is 17.8 Å². The van der Waals surface area contributed by atoms with Crippen molar-refractivity contribution in [2.75, 3.05) is 5.01 Å². The molecule has 0 bridgehead atoms. The number of nitrogens with zero attached hydrogens (tertiary/aromatic N) is 5. The van der Waals surface area contributed by atoms with E-state index in [0.717, 1.165) is 15.6 Å². The van der Waals surface area contributed by atoms with E-state index in [0.29, 0.717) is 21.6 Å². The van der Waals surface area contributed by atoms with Crippen molar-refractivity contribution in [3.8, 4) is 23.4 Å². The number of aromatic nitrogens is 1. The summed E-state index contributed by atoms with van der Waals surface area (Å²) in [6, 6.07) is 18.7. The average molecular weight is 525 g/mol. The number of rotatable bonds is 5. The molecule has 0 N–H and O–H groups in total. The number of hydrazone groups is 1. The van der Waals surface area contributed by atoms with Gasteiger partial charge in [-0.25, -0.2) is 4.98 Å². The monoisotopic (exact) mass is 523 g/mol. The number of amides is 1. The topological polar surface area (TPSA) is 93.1 Å². The fourth-order valence-corrected chi connectivity index (χ4v) is 4.87. The van der Waals surface area contributed by atoms with E-state index in [1.807, 2.05) is 53.9 Å². The lowest BCUT2D eigenvalue weighted by Crippen LogP contribution is -2.34. The molecule has 3 aromatic rings. The molecule has 1 amide bonds. The van der Waals surface area contributed by atoms with Gasteiger partial charge in [-0.1, -0.05) is 51.8 Å². The highest BCUT2D eigenvalue weighted by Crippen LogP contribution is 2.40. The van der Waals surface area contributed by atoms with E-state index >= 15 is 0 Å². The highest BCUT2D eigenvalue weighted by Gasteiger charge is 2.45. The van der Waals surface area contributed by atoms with Crippen LogP contribution in [0.1, 0.15) is 18.4 Å². The molecule has 0 aliphatic carbocycles. The van der Waals surface area contributed by atoms with Gasteiger partial charge in [-0.05, 0) is 36.8 Å². The van der Waals surface area contributed by atoms with Crippen LogP contribution in [-0.4, -0.2) is 16.6 Å². The highest BCUT2D eigenvalue weighted by atomic mass is 79.9. The summed E-state index contributed by atoms with van der Waals surface area (Å²) < 4.78 is 0.868. The van der Waals surface area contributed by atoms with Gasteiger partial charge in [0.2, 0.25) is 5.13 Å². The number of nitriles is 2. The van der Waals surface area contributed by atoms with E-state index in [-0.39, 0.29) is 5.91 Å². The van der Waals surface area contributed by atoms with Gasteiger partial charge in [-0.2, -0.15) is 20.6 Å². The van der Waals surface area contributed by atoms with Crippen LogP contribution < -0.4 is 5.01 Å². The van der Waals surface area contributed by atoms with Crippen molar-refractivity contribution < 1.29 is 4.79 Å². The number of carbonyl (C=O) groups excluding carboxylic acids is 1. The van der Waals surface area contributed by atoms with Crippen molar-refractivity contribution in [2.24, 2.45) is 16.9 Å². The van der Waals surface area contributed by atoms with Gasteiger partial charge in [-0.3, -0.25) is 4.79 Å². The maximum atomic E-state index is 13.5. The summed E-state index contributed by atoms with van der Waals surface area (Å²) in [6.07, 6.45) is 0. The minimum atomic E-state index is -1.00. The third kappa shape index (κ3) is 4.18. The van der Waals surface area contributed by atoms with Crippen LogP contribution in [-0.2, 0) is 4.79 Å². The van der Waals surface area contributed by atoms with E-state index in [4.69, 9.17) is 11.6 Å². The molecule has 2 aromatic carbocycles. The van der Waals surface area contributed by atoms with Gasteiger partial charge in [0.1, 0.15) is 5.92 Å². The predicted molar refractivity (Wildman–Crippen MR) is 128 cm³/mol. The Kier molecular flexibility index (Phi) is 6.38. The molecule has 32 heavy (non-hydrogen) atoms. The number of hydrogen-bond donors (Lipinski definition) is 0. The van der Waals surface area contributed by atoms with Gasteiger partial charge in [-0.15, -0.1) is 11.3 Å². The largest absolute Gasteiger partial charge is 0.272 e. The quantitative estimate of drug-likeness (QED) is 0.408. The van der Waals surface area contributed by atoms with Crippen LogP contribution in [0.3, 0.4) is 0 Å². The van der Waals surface area contributed by atoms with Crippen LogP contribution in [0.25, 0.3) is 11.3 Å². The number of carbonyl (C=O) groups is 1. The summed E-state index contributed by atoms with van der Waals surface area (Å²) in [5.41, 5.74) is 2.86. The first-order valence-electron chi connectivity index (χ1n) is 9.58. The molecule has 4 rings (SSSR count). The molecular formula is C23H15BrClN5OS. The minimum Gasteiger partial charge on any atom is -0.272 e. The lowest BCUT2D eigenvalue weighted by atomic mass is 9.76. The van der Waals surface area contributed by atoms with E-state index in [1.54, 1.807) is 19.1 Å². The van der Waals surface area contributed by atoms with Gasteiger partial charge in [0.15, 0.2) is 0 Å². The number of anilines is 1. The second kappa shape index (κ2) is 9.22. The fourth-order valence-electron chi connectivity index (χ4n) is 3.70. The van der Waals surface area contributed by atoms with Crippen molar-refractivity contribution in [1.82, 2.24) is 4.98 Å². The molecule has 6 nitrogen and oxygen atoms in total. The normalized spacial score (nSPS) is 16.6. The third-order valence-corrected chi connectivity index (χ3v) is 6.84. The molecule has 9 heteroatoms. The Labute approximate surface area is 202 Å². The molecule has 0 spiro atoms. The molecule has 1 aliphatic rings. The molecule has 2 heterocycles. The second-order valence-electron chi connectivity index (χ2n) is 7.20. The van der Waals surface area contributed by atoms with Crippen LogP contribution in [0.4, 0.5) is 5.13 Å². The van der Waals surface area contributed by atoms with E-state index in [2.05, 4.69) is 26.0 Å². The van der Waals surface area contributed by atoms with Crippen molar-refractivity contribution in [3.05, 3.63) is 69.0 Å². The molecule has 0 fully saturated rings. The third-order valence-electron chi connectivity index (χ3n) is 5.25. The van der Waals surface area contributed by atoms with Gasteiger partial charge >= 0.3 is 0 Å². The Hall–Kier alpha value is -3.04. The van der Waals surface area contributed by atoms with Crippen LogP contribution >= 0.6 is 38.9 Å². The maximum Gasteiger partial charge on any atom is 0.259 e. The Morgan fingerprint density at radius 1 is 1.12 bits per heavy atom.